The maximum absolute atomic E-state index is 10.2. The molecule has 0 saturated carbocycles. The maximum atomic E-state index is 10.2. The van der Waals surface area contributed by atoms with Crippen LogP contribution in [0.5, 0.6) is 0 Å². The molecule has 0 spiro atoms. The number of hydrogen-bond acceptors (Lipinski definition) is 1. The molecule has 0 aliphatic heterocycles. The highest BCUT2D eigenvalue weighted by atomic mass is 16.1. The first kappa shape index (κ1) is 8.15. The third-order valence-corrected chi connectivity index (χ3v) is 1.04. The zero-order valence-electron chi connectivity index (χ0n) is 5.98. The lowest BCUT2D eigenvalue weighted by Gasteiger charge is -1.93. The van der Waals surface area contributed by atoms with E-state index in [1.807, 2.05) is 19.9 Å². The highest BCUT2D eigenvalue weighted by Crippen LogP contribution is 2.03. The Hall–Kier alpha value is -0.850. The van der Waals surface area contributed by atoms with Crippen LogP contribution in [0.15, 0.2) is 23.8 Å². The molecule has 0 aliphatic rings. The summed E-state index contributed by atoms with van der Waals surface area (Å²) in [6.45, 7) is 7.47. The van der Waals surface area contributed by atoms with Gasteiger partial charge in [0.05, 0.1) is 0 Å². The molecule has 0 fully saturated rings. The average Bonchev–Trinajstić information content (AvgIpc) is 1.82. The molecule has 0 unspecified atom stereocenters. The summed E-state index contributed by atoms with van der Waals surface area (Å²) in [5, 5.41) is 0. The van der Waals surface area contributed by atoms with Gasteiger partial charge in [0, 0.05) is 5.57 Å². The molecule has 1 nitrogen and oxygen atoms in total. The van der Waals surface area contributed by atoms with Gasteiger partial charge in [-0.1, -0.05) is 19.6 Å². The smallest absolute Gasteiger partial charge is 0.149 e. The largest absolute Gasteiger partial charge is 0.298 e. The molecule has 0 aromatic carbocycles. The van der Waals surface area contributed by atoms with Crippen molar-refractivity contribution < 1.29 is 4.79 Å². The minimum atomic E-state index is 0.720. The van der Waals surface area contributed by atoms with Crippen LogP contribution in [0.1, 0.15) is 20.3 Å². The Morgan fingerprint density at radius 1 is 1.67 bits per heavy atom. The Bertz CT molecular complexity index is 143. The lowest BCUT2D eigenvalue weighted by Crippen LogP contribution is -1.83. The van der Waals surface area contributed by atoms with Crippen LogP contribution in [0.3, 0.4) is 0 Å². The predicted octanol–water partition coefficient (Wildman–Crippen LogP) is 2.10. The molecule has 9 heavy (non-hydrogen) atoms. The van der Waals surface area contributed by atoms with Crippen molar-refractivity contribution in [2.45, 2.75) is 20.3 Å². The van der Waals surface area contributed by atoms with E-state index in [1.165, 1.54) is 0 Å². The molecule has 50 valence electrons. The fourth-order valence-electron chi connectivity index (χ4n) is 0.543. The maximum Gasteiger partial charge on any atom is 0.149 e. The van der Waals surface area contributed by atoms with Crippen molar-refractivity contribution in [3.05, 3.63) is 23.8 Å². The van der Waals surface area contributed by atoms with E-state index < -0.39 is 0 Å². The summed E-state index contributed by atoms with van der Waals surface area (Å²) < 4.78 is 0. The van der Waals surface area contributed by atoms with Crippen LogP contribution in [-0.2, 0) is 4.79 Å². The van der Waals surface area contributed by atoms with Crippen molar-refractivity contribution in [3.8, 4) is 0 Å². The number of hydrogen-bond donors (Lipinski definition) is 0. The van der Waals surface area contributed by atoms with Crippen molar-refractivity contribution in [2.24, 2.45) is 0 Å². The van der Waals surface area contributed by atoms with Gasteiger partial charge >= 0.3 is 0 Å². The number of carbonyl (C=O) groups is 1. The highest BCUT2D eigenvalue weighted by molar-refractivity contribution is 5.79. The number of aldehydes is 1. The van der Waals surface area contributed by atoms with Gasteiger partial charge in [-0.3, -0.25) is 4.79 Å². The molecule has 0 amide bonds. The number of rotatable bonds is 3. The van der Waals surface area contributed by atoms with Crippen molar-refractivity contribution >= 4 is 6.29 Å². The lowest BCUT2D eigenvalue weighted by atomic mass is 10.1. The van der Waals surface area contributed by atoms with Crippen LogP contribution < -0.4 is 0 Å². The summed E-state index contributed by atoms with van der Waals surface area (Å²) in [5.74, 6) is 0. The van der Waals surface area contributed by atoms with E-state index in [4.69, 9.17) is 0 Å². The Kier molecular flexibility index (Phi) is 3.69. The van der Waals surface area contributed by atoms with Crippen molar-refractivity contribution in [2.75, 3.05) is 0 Å². The number of carbonyl (C=O) groups excluding carboxylic acids is 1. The second kappa shape index (κ2) is 4.07. The zero-order chi connectivity index (χ0) is 7.28. The Morgan fingerprint density at radius 2 is 2.22 bits per heavy atom. The summed E-state index contributed by atoms with van der Waals surface area (Å²) in [6, 6.07) is 0. The summed E-state index contributed by atoms with van der Waals surface area (Å²) in [5.41, 5.74) is 1.56. The van der Waals surface area contributed by atoms with Crippen LogP contribution in [-0.4, -0.2) is 6.29 Å². The second-order valence-corrected chi connectivity index (χ2v) is 1.97. The lowest BCUT2D eigenvalue weighted by molar-refractivity contribution is -0.104. The van der Waals surface area contributed by atoms with Gasteiger partial charge in [-0.15, -0.1) is 0 Å². The van der Waals surface area contributed by atoms with E-state index in [-0.39, 0.29) is 0 Å². The van der Waals surface area contributed by atoms with Crippen LogP contribution in [0.4, 0.5) is 0 Å². The molecule has 1 heteroatoms. The van der Waals surface area contributed by atoms with E-state index in [1.54, 1.807) is 0 Å². The van der Waals surface area contributed by atoms with Crippen molar-refractivity contribution in [1.82, 2.24) is 0 Å². The van der Waals surface area contributed by atoms with E-state index in [0.29, 0.717) is 0 Å². The first-order chi connectivity index (χ1) is 4.22. The summed E-state index contributed by atoms with van der Waals surface area (Å²) in [7, 11) is 0. The van der Waals surface area contributed by atoms with Gasteiger partial charge in [0.25, 0.3) is 0 Å². The van der Waals surface area contributed by atoms with Gasteiger partial charge in [-0.05, 0) is 18.9 Å². The summed E-state index contributed by atoms with van der Waals surface area (Å²) in [4.78, 5) is 10.2. The minimum Gasteiger partial charge on any atom is -0.298 e. The molecule has 0 radical (unpaired) electrons. The molecule has 0 aromatic rings. The fraction of sp³-hybridized carbons (Fsp3) is 0.375. The van der Waals surface area contributed by atoms with Gasteiger partial charge in [-0.2, -0.15) is 0 Å². The second-order valence-electron chi connectivity index (χ2n) is 1.97. The molecule has 0 atom stereocenters. The molecular weight excluding hydrogens is 112 g/mol. The van der Waals surface area contributed by atoms with Crippen LogP contribution >= 0.6 is 0 Å². The molecule has 0 heterocycles. The summed E-state index contributed by atoms with van der Waals surface area (Å²) in [6.07, 6.45) is 3.60. The minimum absolute atomic E-state index is 0.720. The molecule has 0 saturated heterocycles. The van der Waals surface area contributed by atoms with Gasteiger partial charge < -0.3 is 0 Å². The quantitative estimate of drug-likeness (QED) is 0.320. The van der Waals surface area contributed by atoms with E-state index in [2.05, 4.69) is 6.58 Å². The molecule has 0 rings (SSSR count). The SMILES string of the molecule is C=C(C)/C(C=O)=C\CC. The molecule has 0 aromatic heterocycles. The Morgan fingerprint density at radius 3 is 2.33 bits per heavy atom. The van der Waals surface area contributed by atoms with Gasteiger partial charge in [0.15, 0.2) is 0 Å². The van der Waals surface area contributed by atoms with Gasteiger partial charge in [-0.25, -0.2) is 0 Å². The van der Waals surface area contributed by atoms with Gasteiger partial charge in [0.2, 0.25) is 0 Å². The normalized spacial score (nSPS) is 11.1. The standard InChI is InChI=1S/C8H12O/c1-4-5-8(6-9)7(2)3/h5-6H,2,4H2,1,3H3/b8-5-. The van der Waals surface area contributed by atoms with E-state index in [9.17, 15) is 4.79 Å². The first-order valence-electron chi connectivity index (χ1n) is 3.03. The molecule has 0 bridgehead atoms. The third-order valence-electron chi connectivity index (χ3n) is 1.04. The highest BCUT2D eigenvalue weighted by Gasteiger charge is 1.91. The zero-order valence-corrected chi connectivity index (χ0v) is 5.98. The third kappa shape index (κ3) is 2.85. The number of allylic oxidation sites excluding steroid dienone is 3. The average molecular weight is 124 g/mol. The fourth-order valence-corrected chi connectivity index (χ4v) is 0.543. The topological polar surface area (TPSA) is 17.1 Å². The van der Waals surface area contributed by atoms with Crippen LogP contribution in [0, 0.1) is 0 Å². The van der Waals surface area contributed by atoms with Crippen molar-refractivity contribution in [3.63, 3.8) is 0 Å². The summed E-state index contributed by atoms with van der Waals surface area (Å²) >= 11 is 0. The van der Waals surface area contributed by atoms with Crippen LogP contribution in [0.2, 0.25) is 0 Å². The Balaban J connectivity index is 4.14. The van der Waals surface area contributed by atoms with Crippen LogP contribution in [0.25, 0.3) is 0 Å². The van der Waals surface area contributed by atoms with E-state index in [0.717, 1.165) is 23.9 Å². The van der Waals surface area contributed by atoms with Crippen molar-refractivity contribution in [1.29, 1.82) is 0 Å². The molecule has 0 aliphatic carbocycles. The predicted molar refractivity (Wildman–Crippen MR) is 39.3 cm³/mol. The molecular formula is C8H12O. The monoisotopic (exact) mass is 124 g/mol. The van der Waals surface area contributed by atoms with E-state index >= 15 is 0 Å². The molecule has 0 N–H and O–H groups in total. The first-order valence-corrected chi connectivity index (χ1v) is 3.03. The van der Waals surface area contributed by atoms with Gasteiger partial charge in [0.1, 0.15) is 6.29 Å². The Labute approximate surface area is 56.1 Å².